The van der Waals surface area contributed by atoms with Gasteiger partial charge in [-0.3, -0.25) is 14.3 Å². The summed E-state index contributed by atoms with van der Waals surface area (Å²) < 4.78 is 13.3. The molecule has 10 nitrogen and oxygen atoms in total. The first-order chi connectivity index (χ1) is 19.3. The van der Waals surface area contributed by atoms with E-state index < -0.39 is 5.97 Å². The van der Waals surface area contributed by atoms with Crippen LogP contribution in [0.3, 0.4) is 0 Å². The van der Waals surface area contributed by atoms with E-state index in [1.54, 1.807) is 24.3 Å². The molecule has 2 fully saturated rings. The zero-order valence-corrected chi connectivity index (χ0v) is 23.9. The standard InChI is InChI=1S/C30H41N5O5/c1-4-24-26-25(17-30(20-31-27(26)36)8-14-39-15-9-30)35(32-24)18-21(2)19-40-29(38)23-7-5-6-22(16-23)28(37)34-12-10-33(3)11-13-34/h5-7,16,21H,4,8-15,17-20H2,1-3H3,(H,31,36)/t21-/m1/s1. The highest BCUT2D eigenvalue weighted by Gasteiger charge is 2.39. The maximum Gasteiger partial charge on any atom is 0.338 e. The molecule has 1 N–H and O–H groups in total. The Morgan fingerprint density at radius 1 is 1.15 bits per heavy atom. The lowest BCUT2D eigenvalue weighted by Crippen LogP contribution is -2.47. The third kappa shape index (κ3) is 6.07. The van der Waals surface area contributed by atoms with Gasteiger partial charge in [0, 0.05) is 64.0 Å². The second kappa shape index (κ2) is 12.1. The number of hydrogen-bond donors (Lipinski definition) is 1. The summed E-state index contributed by atoms with van der Waals surface area (Å²) in [5, 5.41) is 7.97. The number of carbonyl (C=O) groups is 3. The van der Waals surface area contributed by atoms with Gasteiger partial charge >= 0.3 is 5.97 Å². The van der Waals surface area contributed by atoms with E-state index in [9.17, 15) is 14.4 Å². The quantitative estimate of drug-likeness (QED) is 0.527. The molecule has 1 spiro atoms. The Kier molecular flexibility index (Phi) is 8.56. The van der Waals surface area contributed by atoms with Gasteiger partial charge in [0.25, 0.3) is 11.8 Å². The summed E-state index contributed by atoms with van der Waals surface area (Å²) in [5.41, 5.74) is 3.33. The van der Waals surface area contributed by atoms with Crippen molar-refractivity contribution in [1.82, 2.24) is 24.9 Å². The number of aromatic nitrogens is 2. The van der Waals surface area contributed by atoms with Gasteiger partial charge in [0.15, 0.2) is 0 Å². The van der Waals surface area contributed by atoms with E-state index in [-0.39, 0.29) is 29.8 Å². The number of amides is 2. The minimum absolute atomic E-state index is 0.0234. The highest BCUT2D eigenvalue weighted by molar-refractivity contribution is 5.98. The van der Waals surface area contributed by atoms with Crippen molar-refractivity contribution in [3.8, 4) is 0 Å². The zero-order chi connectivity index (χ0) is 28.3. The van der Waals surface area contributed by atoms with Crippen LogP contribution in [-0.2, 0) is 28.9 Å². The van der Waals surface area contributed by atoms with Crippen molar-refractivity contribution in [2.24, 2.45) is 11.3 Å². The second-order valence-electron chi connectivity index (χ2n) is 11.7. The number of ether oxygens (including phenoxy) is 2. The van der Waals surface area contributed by atoms with Crippen molar-refractivity contribution in [2.45, 2.75) is 46.1 Å². The molecule has 10 heteroatoms. The van der Waals surface area contributed by atoms with Gasteiger partial charge in [-0.15, -0.1) is 0 Å². The van der Waals surface area contributed by atoms with Crippen LogP contribution in [0.1, 0.15) is 69.2 Å². The topological polar surface area (TPSA) is 106 Å². The first-order valence-corrected chi connectivity index (χ1v) is 14.5. The Balaban J connectivity index is 1.24. The number of likely N-dealkylation sites (N-methyl/N-ethyl adjacent to an activating group) is 1. The molecule has 0 bridgehead atoms. The lowest BCUT2D eigenvalue weighted by atomic mass is 9.76. The van der Waals surface area contributed by atoms with Crippen molar-refractivity contribution in [2.75, 3.05) is 59.6 Å². The van der Waals surface area contributed by atoms with E-state index >= 15 is 0 Å². The van der Waals surface area contributed by atoms with Crippen molar-refractivity contribution in [3.05, 3.63) is 52.3 Å². The molecule has 1 atom stereocenters. The Morgan fingerprint density at radius 3 is 2.60 bits per heavy atom. The maximum atomic E-state index is 13.1. The summed E-state index contributed by atoms with van der Waals surface area (Å²) in [4.78, 5) is 43.0. The first-order valence-electron chi connectivity index (χ1n) is 14.5. The van der Waals surface area contributed by atoms with Crippen LogP contribution in [0, 0.1) is 11.3 Å². The van der Waals surface area contributed by atoms with E-state index in [0.717, 1.165) is 43.7 Å². The Morgan fingerprint density at radius 2 is 1.88 bits per heavy atom. The molecule has 3 aliphatic rings. The number of carbonyl (C=O) groups excluding carboxylic acids is 3. The summed E-state index contributed by atoms with van der Waals surface area (Å²) in [6.45, 7) is 9.86. The number of nitrogens with one attached hydrogen (secondary N) is 1. The maximum absolute atomic E-state index is 13.1. The summed E-state index contributed by atoms with van der Waals surface area (Å²) in [6, 6.07) is 6.78. The van der Waals surface area contributed by atoms with Crippen LogP contribution < -0.4 is 5.32 Å². The van der Waals surface area contributed by atoms with Crippen LogP contribution in [0.25, 0.3) is 0 Å². The molecular weight excluding hydrogens is 510 g/mol. The minimum Gasteiger partial charge on any atom is -0.462 e. The number of rotatable bonds is 7. The molecule has 0 aliphatic carbocycles. The van der Waals surface area contributed by atoms with Gasteiger partial charge < -0.3 is 24.6 Å². The van der Waals surface area contributed by atoms with Crippen LogP contribution in [0.2, 0.25) is 0 Å². The summed E-state index contributed by atoms with van der Waals surface area (Å²) in [7, 11) is 2.05. The largest absolute Gasteiger partial charge is 0.462 e. The molecule has 2 amide bonds. The highest BCUT2D eigenvalue weighted by atomic mass is 16.5. The average Bonchev–Trinajstić information content (AvgIpc) is 3.24. The number of piperazine rings is 1. The van der Waals surface area contributed by atoms with Gasteiger partial charge in [0.2, 0.25) is 0 Å². The van der Waals surface area contributed by atoms with Crippen molar-refractivity contribution < 1.29 is 23.9 Å². The number of fused-ring (bicyclic) bond motifs is 1. The Labute approximate surface area is 236 Å². The molecule has 1 aromatic heterocycles. The van der Waals surface area contributed by atoms with Gasteiger partial charge in [-0.05, 0) is 56.3 Å². The predicted octanol–water partition coefficient (Wildman–Crippen LogP) is 2.41. The first kappa shape index (κ1) is 28.3. The molecule has 0 saturated carbocycles. The molecule has 4 heterocycles. The highest BCUT2D eigenvalue weighted by Crippen LogP contribution is 2.37. The minimum atomic E-state index is -0.450. The SMILES string of the molecule is CCc1nn(C[C@@H](C)COC(=O)c2cccc(C(=O)N3CCN(C)CC3)c2)c2c1C(=O)NCC1(CCOCC1)C2. The molecule has 2 saturated heterocycles. The normalized spacial score (nSPS) is 20.0. The molecule has 1 aromatic carbocycles. The van der Waals surface area contributed by atoms with E-state index in [1.807, 2.05) is 30.5 Å². The predicted molar refractivity (Wildman–Crippen MR) is 149 cm³/mol. The van der Waals surface area contributed by atoms with Crippen LogP contribution >= 0.6 is 0 Å². The lowest BCUT2D eigenvalue weighted by Gasteiger charge is -2.36. The molecule has 5 rings (SSSR count). The van der Waals surface area contributed by atoms with Crippen LogP contribution in [0.15, 0.2) is 24.3 Å². The van der Waals surface area contributed by atoms with Crippen LogP contribution in [-0.4, -0.2) is 97.0 Å². The summed E-state index contributed by atoms with van der Waals surface area (Å²) in [5.74, 6) is -0.584. The molecule has 0 radical (unpaired) electrons. The third-order valence-corrected chi connectivity index (χ3v) is 8.53. The monoisotopic (exact) mass is 551 g/mol. The number of benzene rings is 1. The van der Waals surface area contributed by atoms with Crippen LogP contribution in [0.4, 0.5) is 0 Å². The molecule has 2 aromatic rings. The molecular formula is C30H41N5O5. The summed E-state index contributed by atoms with van der Waals surface area (Å²) in [6.07, 6.45) is 3.26. The number of nitrogens with zero attached hydrogens (tertiary/aromatic N) is 4. The number of hydrogen-bond acceptors (Lipinski definition) is 7. The number of aryl methyl sites for hydroxylation is 1. The van der Waals surface area contributed by atoms with Gasteiger partial charge in [-0.25, -0.2) is 4.79 Å². The third-order valence-electron chi connectivity index (χ3n) is 8.53. The fraction of sp³-hybridized carbons (Fsp3) is 0.600. The van der Waals surface area contributed by atoms with Crippen molar-refractivity contribution >= 4 is 17.8 Å². The van der Waals surface area contributed by atoms with Gasteiger partial charge in [0.1, 0.15) is 0 Å². The van der Waals surface area contributed by atoms with Gasteiger partial charge in [-0.1, -0.05) is 19.9 Å². The Bertz CT molecular complexity index is 1240. The second-order valence-corrected chi connectivity index (χ2v) is 11.7. The molecule has 0 unspecified atom stereocenters. The lowest BCUT2D eigenvalue weighted by molar-refractivity contribution is 0.0151. The van der Waals surface area contributed by atoms with Crippen molar-refractivity contribution in [1.29, 1.82) is 0 Å². The van der Waals surface area contributed by atoms with E-state index in [4.69, 9.17) is 14.6 Å². The van der Waals surface area contributed by atoms with Crippen LogP contribution in [0.5, 0.6) is 0 Å². The van der Waals surface area contributed by atoms with Gasteiger partial charge in [0.05, 0.1) is 29.1 Å². The fourth-order valence-corrected chi connectivity index (χ4v) is 5.94. The van der Waals surface area contributed by atoms with Crippen molar-refractivity contribution in [3.63, 3.8) is 0 Å². The summed E-state index contributed by atoms with van der Waals surface area (Å²) >= 11 is 0. The molecule has 3 aliphatic heterocycles. The van der Waals surface area contributed by atoms with E-state index in [1.165, 1.54) is 0 Å². The van der Waals surface area contributed by atoms with E-state index in [0.29, 0.717) is 62.5 Å². The fourth-order valence-electron chi connectivity index (χ4n) is 5.94. The smallest absolute Gasteiger partial charge is 0.338 e. The number of esters is 1. The molecule has 40 heavy (non-hydrogen) atoms. The average molecular weight is 552 g/mol. The van der Waals surface area contributed by atoms with E-state index in [2.05, 4.69) is 10.2 Å². The van der Waals surface area contributed by atoms with Gasteiger partial charge in [-0.2, -0.15) is 5.10 Å². The molecule has 216 valence electrons. The Hall–Kier alpha value is -3.24. The zero-order valence-electron chi connectivity index (χ0n) is 23.9.